The molecule has 2 nitrogen and oxygen atoms in total. The summed E-state index contributed by atoms with van der Waals surface area (Å²) in [6.07, 6.45) is 5.38. The van der Waals surface area contributed by atoms with Gasteiger partial charge in [0, 0.05) is 18.7 Å². The smallest absolute Gasteiger partial charge is 0.0561 e. The number of rotatable bonds is 3. The van der Waals surface area contributed by atoms with Crippen molar-refractivity contribution >= 4 is 0 Å². The Bertz CT molecular complexity index is 408. The van der Waals surface area contributed by atoms with E-state index < -0.39 is 0 Å². The van der Waals surface area contributed by atoms with Gasteiger partial charge in [-0.3, -0.25) is 0 Å². The van der Waals surface area contributed by atoms with Gasteiger partial charge in [-0.05, 0) is 51.0 Å². The van der Waals surface area contributed by atoms with E-state index in [4.69, 9.17) is 4.74 Å². The number of hydrogen-bond donors (Lipinski definition) is 1. The van der Waals surface area contributed by atoms with E-state index in [1.54, 1.807) is 0 Å². The highest BCUT2D eigenvalue weighted by Crippen LogP contribution is 2.37. The van der Waals surface area contributed by atoms with Crippen LogP contribution in [-0.4, -0.2) is 24.8 Å². The van der Waals surface area contributed by atoms with Crippen LogP contribution in [0.25, 0.3) is 0 Å². The zero-order valence-electron chi connectivity index (χ0n) is 12.1. The maximum absolute atomic E-state index is 5.60. The van der Waals surface area contributed by atoms with Crippen LogP contribution in [0.1, 0.15) is 49.7 Å². The molecule has 0 aromatic heterocycles. The topological polar surface area (TPSA) is 21.3 Å². The van der Waals surface area contributed by atoms with Crippen molar-refractivity contribution < 1.29 is 4.74 Å². The first-order chi connectivity index (χ1) is 9.20. The van der Waals surface area contributed by atoms with Gasteiger partial charge in [0.05, 0.1) is 6.10 Å². The lowest BCUT2D eigenvalue weighted by Crippen LogP contribution is -2.48. The molecule has 1 aliphatic heterocycles. The molecule has 0 radical (unpaired) electrons. The van der Waals surface area contributed by atoms with Crippen molar-refractivity contribution in [2.75, 3.05) is 6.61 Å². The third-order valence-electron chi connectivity index (χ3n) is 4.64. The van der Waals surface area contributed by atoms with E-state index in [-0.39, 0.29) is 0 Å². The van der Waals surface area contributed by atoms with Gasteiger partial charge in [0.1, 0.15) is 0 Å². The van der Waals surface area contributed by atoms with E-state index in [1.165, 1.54) is 36.8 Å². The molecule has 2 atom stereocenters. The number of nitrogens with one attached hydrogen (secondary N) is 1. The summed E-state index contributed by atoms with van der Waals surface area (Å²) in [5.41, 5.74) is 2.87. The molecule has 1 N–H and O–H groups in total. The van der Waals surface area contributed by atoms with Crippen LogP contribution < -0.4 is 5.32 Å². The average Bonchev–Trinajstić information content (AvgIpc) is 2.35. The fourth-order valence-corrected chi connectivity index (χ4v) is 3.35. The predicted molar refractivity (Wildman–Crippen MR) is 78.5 cm³/mol. The molecular weight excluding hydrogens is 234 g/mol. The first kappa shape index (κ1) is 13.1. The average molecular weight is 259 g/mol. The monoisotopic (exact) mass is 259 g/mol. The normalized spacial score (nSPS) is 34.8. The number of benzene rings is 1. The summed E-state index contributed by atoms with van der Waals surface area (Å²) in [4.78, 5) is 0. The van der Waals surface area contributed by atoms with Crippen molar-refractivity contribution in [1.29, 1.82) is 0 Å². The minimum absolute atomic E-state index is 0.430. The molecule has 2 unspecified atom stereocenters. The van der Waals surface area contributed by atoms with Crippen molar-refractivity contribution in [2.45, 2.75) is 63.6 Å². The Kier molecular flexibility index (Phi) is 3.90. The summed E-state index contributed by atoms with van der Waals surface area (Å²) in [6, 6.07) is 10.5. The van der Waals surface area contributed by atoms with Gasteiger partial charge in [-0.15, -0.1) is 0 Å². The lowest BCUT2D eigenvalue weighted by molar-refractivity contribution is 0.00851. The van der Waals surface area contributed by atoms with E-state index in [1.807, 2.05) is 0 Å². The Hall–Kier alpha value is -0.860. The third kappa shape index (κ3) is 3.18. The molecule has 1 heterocycles. The Morgan fingerprint density at radius 3 is 2.47 bits per heavy atom. The Morgan fingerprint density at radius 1 is 1.05 bits per heavy atom. The summed E-state index contributed by atoms with van der Waals surface area (Å²) in [7, 11) is 0. The quantitative estimate of drug-likeness (QED) is 0.898. The van der Waals surface area contributed by atoms with Crippen molar-refractivity contribution in [3.63, 3.8) is 0 Å². The molecule has 0 bridgehead atoms. The molecule has 19 heavy (non-hydrogen) atoms. The molecule has 1 saturated carbocycles. The van der Waals surface area contributed by atoms with Gasteiger partial charge in [-0.25, -0.2) is 0 Å². The largest absolute Gasteiger partial charge is 0.378 e. The van der Waals surface area contributed by atoms with Gasteiger partial charge in [-0.1, -0.05) is 29.8 Å². The zero-order chi connectivity index (χ0) is 13.2. The molecular formula is C17H25NO. The zero-order valence-corrected chi connectivity index (χ0v) is 12.1. The highest BCUT2D eigenvalue weighted by Gasteiger charge is 2.32. The molecule has 0 amide bonds. The lowest BCUT2D eigenvalue weighted by atomic mass is 9.75. The van der Waals surface area contributed by atoms with Crippen LogP contribution >= 0.6 is 0 Å². The van der Waals surface area contributed by atoms with Gasteiger partial charge in [0.2, 0.25) is 0 Å². The van der Waals surface area contributed by atoms with Crippen LogP contribution in [0, 0.1) is 6.92 Å². The molecule has 1 aliphatic carbocycles. The number of hydrogen-bond acceptors (Lipinski definition) is 2. The van der Waals surface area contributed by atoms with E-state index in [9.17, 15) is 0 Å². The van der Waals surface area contributed by atoms with Crippen molar-refractivity contribution in [1.82, 2.24) is 5.32 Å². The molecule has 104 valence electrons. The standard InChI is InChI=1S/C17H25NO/c1-12-3-5-14(6-4-12)15-10-17(11-15)18-16-7-8-19-13(2)9-16/h3-6,13,15-18H,7-11H2,1-2H3. The van der Waals surface area contributed by atoms with Gasteiger partial charge in [-0.2, -0.15) is 0 Å². The fourth-order valence-electron chi connectivity index (χ4n) is 3.35. The van der Waals surface area contributed by atoms with Gasteiger partial charge in [0.15, 0.2) is 0 Å². The molecule has 1 aromatic carbocycles. The minimum Gasteiger partial charge on any atom is -0.378 e. The first-order valence-electron chi connectivity index (χ1n) is 7.65. The minimum atomic E-state index is 0.430. The molecule has 2 heteroatoms. The summed E-state index contributed by atoms with van der Waals surface area (Å²) in [5, 5.41) is 3.82. The molecule has 2 fully saturated rings. The maximum Gasteiger partial charge on any atom is 0.0561 e. The SMILES string of the molecule is Cc1ccc(C2CC(NC3CCOC(C)C3)C2)cc1. The molecule has 3 rings (SSSR count). The molecule has 1 aromatic rings. The second-order valence-corrected chi connectivity index (χ2v) is 6.35. The second-order valence-electron chi connectivity index (χ2n) is 6.35. The Balaban J connectivity index is 1.46. The second kappa shape index (κ2) is 5.64. The van der Waals surface area contributed by atoms with E-state index in [2.05, 4.69) is 43.4 Å². The van der Waals surface area contributed by atoms with Gasteiger partial charge in [0.25, 0.3) is 0 Å². The summed E-state index contributed by atoms with van der Waals surface area (Å²) in [6.45, 7) is 5.26. The van der Waals surface area contributed by atoms with Crippen LogP contribution in [0.15, 0.2) is 24.3 Å². The molecule has 2 aliphatic rings. The van der Waals surface area contributed by atoms with E-state index >= 15 is 0 Å². The highest BCUT2D eigenvalue weighted by molar-refractivity contribution is 5.26. The Morgan fingerprint density at radius 2 is 1.79 bits per heavy atom. The van der Waals surface area contributed by atoms with E-state index in [0.29, 0.717) is 12.1 Å². The van der Waals surface area contributed by atoms with Crippen LogP contribution in [0.3, 0.4) is 0 Å². The van der Waals surface area contributed by atoms with Gasteiger partial charge < -0.3 is 10.1 Å². The highest BCUT2D eigenvalue weighted by atomic mass is 16.5. The van der Waals surface area contributed by atoms with Crippen LogP contribution in [0.5, 0.6) is 0 Å². The Labute approximate surface area is 116 Å². The van der Waals surface area contributed by atoms with Crippen molar-refractivity contribution in [3.05, 3.63) is 35.4 Å². The lowest BCUT2D eigenvalue weighted by Gasteiger charge is -2.40. The summed E-state index contributed by atoms with van der Waals surface area (Å²) < 4.78 is 5.60. The van der Waals surface area contributed by atoms with Crippen molar-refractivity contribution in [3.8, 4) is 0 Å². The van der Waals surface area contributed by atoms with Crippen LogP contribution in [-0.2, 0) is 4.74 Å². The van der Waals surface area contributed by atoms with Crippen molar-refractivity contribution in [2.24, 2.45) is 0 Å². The summed E-state index contributed by atoms with van der Waals surface area (Å²) in [5.74, 6) is 0.773. The van der Waals surface area contributed by atoms with E-state index in [0.717, 1.165) is 18.6 Å². The maximum atomic E-state index is 5.60. The predicted octanol–water partition coefficient (Wildman–Crippen LogP) is 3.40. The number of aryl methyl sites for hydroxylation is 1. The van der Waals surface area contributed by atoms with Crippen LogP contribution in [0.2, 0.25) is 0 Å². The van der Waals surface area contributed by atoms with Crippen LogP contribution in [0.4, 0.5) is 0 Å². The first-order valence-corrected chi connectivity index (χ1v) is 7.65. The molecule has 1 saturated heterocycles. The third-order valence-corrected chi connectivity index (χ3v) is 4.64. The molecule has 0 spiro atoms. The summed E-state index contributed by atoms with van der Waals surface area (Å²) >= 11 is 0. The number of ether oxygens (including phenoxy) is 1. The van der Waals surface area contributed by atoms with Gasteiger partial charge >= 0.3 is 0 Å². The fraction of sp³-hybridized carbons (Fsp3) is 0.647.